The molecule has 0 saturated heterocycles. The first-order valence-corrected chi connectivity index (χ1v) is 8.87. The largest absolute Gasteiger partial charge is 0.481 e. The van der Waals surface area contributed by atoms with Gasteiger partial charge in [0.25, 0.3) is 0 Å². The van der Waals surface area contributed by atoms with E-state index >= 15 is 0 Å². The molecule has 122 valence electrons. The normalized spacial score (nSPS) is 13.6. The Hall–Kier alpha value is -2.24. The van der Waals surface area contributed by atoms with Crippen LogP contribution in [0.25, 0.3) is 21.7 Å². The summed E-state index contributed by atoms with van der Waals surface area (Å²) in [4.78, 5) is 10.5. The minimum absolute atomic E-state index is 0.632. The smallest absolute Gasteiger partial charge is 0.213 e. The number of aromatic nitrogens is 2. The number of benzene rings is 1. The fourth-order valence-corrected chi connectivity index (χ4v) is 4.27. The highest BCUT2D eigenvalue weighted by molar-refractivity contribution is 7.15. The zero-order valence-corrected chi connectivity index (χ0v) is 14.6. The summed E-state index contributed by atoms with van der Waals surface area (Å²) in [6.45, 7) is 4.12. The Morgan fingerprint density at radius 1 is 1.21 bits per heavy atom. The molecule has 1 aliphatic heterocycles. The Kier molecular flexibility index (Phi) is 4.04. The van der Waals surface area contributed by atoms with E-state index in [1.165, 1.54) is 27.3 Å². The molecule has 0 bridgehead atoms. The van der Waals surface area contributed by atoms with E-state index < -0.39 is 0 Å². The van der Waals surface area contributed by atoms with Gasteiger partial charge in [-0.15, -0.1) is 11.3 Å². The molecule has 0 unspecified atom stereocenters. The lowest BCUT2D eigenvalue weighted by molar-refractivity contribution is 0.398. The van der Waals surface area contributed by atoms with Gasteiger partial charge in [0.2, 0.25) is 5.88 Å². The number of methoxy groups -OCH3 is 1. The molecular weight excluding hydrogens is 318 g/mol. The Bertz CT molecular complexity index is 865. The number of pyridine rings is 1. The van der Waals surface area contributed by atoms with Gasteiger partial charge in [0.05, 0.1) is 12.8 Å². The van der Waals surface area contributed by atoms with Crippen LogP contribution in [0.3, 0.4) is 0 Å². The van der Waals surface area contributed by atoms with Gasteiger partial charge < -0.3 is 10.1 Å². The van der Waals surface area contributed by atoms with Gasteiger partial charge in [-0.05, 0) is 29.7 Å². The second-order valence-electron chi connectivity index (χ2n) is 5.88. The van der Waals surface area contributed by atoms with Crippen LogP contribution in [-0.4, -0.2) is 23.6 Å². The van der Waals surface area contributed by atoms with Crippen molar-refractivity contribution in [1.82, 2.24) is 15.3 Å². The zero-order valence-electron chi connectivity index (χ0n) is 13.8. The van der Waals surface area contributed by atoms with Crippen LogP contribution in [-0.2, 0) is 13.0 Å². The van der Waals surface area contributed by atoms with Crippen molar-refractivity contribution in [3.63, 3.8) is 0 Å². The number of hydrogen-bond acceptors (Lipinski definition) is 5. The van der Waals surface area contributed by atoms with Gasteiger partial charge in [-0.1, -0.05) is 18.2 Å². The van der Waals surface area contributed by atoms with Gasteiger partial charge in [0, 0.05) is 42.2 Å². The number of hydrogen-bond donors (Lipinski definition) is 1. The van der Waals surface area contributed by atoms with E-state index in [9.17, 15) is 0 Å². The van der Waals surface area contributed by atoms with Crippen LogP contribution < -0.4 is 10.1 Å². The van der Waals surface area contributed by atoms with Crippen LogP contribution in [0, 0.1) is 6.92 Å². The fourth-order valence-electron chi connectivity index (χ4n) is 3.11. The summed E-state index contributed by atoms with van der Waals surface area (Å²) in [5.41, 5.74) is 6.01. The number of thiazole rings is 1. The minimum atomic E-state index is 0.632. The summed E-state index contributed by atoms with van der Waals surface area (Å²) < 4.78 is 5.26. The zero-order chi connectivity index (χ0) is 16.5. The molecule has 0 atom stereocenters. The first-order chi connectivity index (χ1) is 11.8. The van der Waals surface area contributed by atoms with Crippen LogP contribution in [0.1, 0.15) is 16.1 Å². The highest BCUT2D eigenvalue weighted by Gasteiger charge is 2.17. The molecule has 4 nitrogen and oxygen atoms in total. The SMILES string of the molecule is COc1cc(-c2cccc(-c3nc4c(s3)CNCC4)c2C)ccn1. The number of nitrogens with zero attached hydrogens (tertiary/aromatic N) is 2. The van der Waals surface area contributed by atoms with Crippen molar-refractivity contribution in [2.75, 3.05) is 13.7 Å². The molecule has 5 heteroatoms. The maximum absolute atomic E-state index is 5.26. The number of ether oxygens (including phenoxy) is 1. The summed E-state index contributed by atoms with van der Waals surface area (Å²) in [5, 5.41) is 4.53. The summed E-state index contributed by atoms with van der Waals surface area (Å²) in [6.07, 6.45) is 2.81. The lowest BCUT2D eigenvalue weighted by Crippen LogP contribution is -2.22. The molecule has 0 aliphatic carbocycles. The van der Waals surface area contributed by atoms with Gasteiger partial charge in [0.15, 0.2) is 0 Å². The summed E-state index contributed by atoms with van der Waals surface area (Å²) in [6, 6.07) is 10.4. The van der Waals surface area contributed by atoms with Crippen molar-refractivity contribution >= 4 is 11.3 Å². The number of fused-ring (bicyclic) bond motifs is 1. The third-order valence-electron chi connectivity index (χ3n) is 4.42. The molecule has 3 heterocycles. The Morgan fingerprint density at radius 3 is 2.92 bits per heavy atom. The van der Waals surface area contributed by atoms with E-state index in [4.69, 9.17) is 9.72 Å². The monoisotopic (exact) mass is 337 g/mol. The molecule has 4 rings (SSSR count). The van der Waals surface area contributed by atoms with Crippen molar-refractivity contribution in [1.29, 1.82) is 0 Å². The molecule has 0 amide bonds. The van der Waals surface area contributed by atoms with Crippen molar-refractivity contribution in [3.05, 3.63) is 52.7 Å². The topological polar surface area (TPSA) is 47.0 Å². The molecule has 0 saturated carbocycles. The maximum Gasteiger partial charge on any atom is 0.213 e. The molecule has 2 aromatic heterocycles. The second kappa shape index (κ2) is 6.34. The lowest BCUT2D eigenvalue weighted by atomic mass is 9.97. The van der Waals surface area contributed by atoms with Crippen LogP contribution >= 0.6 is 11.3 Å². The summed E-state index contributed by atoms with van der Waals surface area (Å²) in [7, 11) is 1.64. The molecule has 3 aromatic rings. The van der Waals surface area contributed by atoms with E-state index in [-0.39, 0.29) is 0 Å². The Morgan fingerprint density at radius 2 is 2.08 bits per heavy atom. The standard InChI is InChI=1S/C19H19N3OS/c1-12-14(13-6-9-21-18(10-13)23-2)4-3-5-15(12)19-22-16-7-8-20-11-17(16)24-19/h3-6,9-10,20H,7-8,11H2,1-2H3. The Labute approximate surface area is 145 Å². The van der Waals surface area contributed by atoms with Crippen molar-refractivity contribution in [3.8, 4) is 27.6 Å². The molecule has 24 heavy (non-hydrogen) atoms. The van der Waals surface area contributed by atoms with Gasteiger partial charge in [-0.25, -0.2) is 9.97 Å². The highest BCUT2D eigenvalue weighted by atomic mass is 32.1. The highest BCUT2D eigenvalue weighted by Crippen LogP contribution is 2.36. The van der Waals surface area contributed by atoms with Crippen LogP contribution in [0.15, 0.2) is 36.5 Å². The maximum atomic E-state index is 5.26. The van der Waals surface area contributed by atoms with E-state index in [1.807, 2.05) is 12.1 Å². The Balaban J connectivity index is 1.79. The van der Waals surface area contributed by atoms with E-state index in [0.29, 0.717) is 5.88 Å². The average Bonchev–Trinajstić information content (AvgIpc) is 3.06. The molecule has 0 fully saturated rings. The number of nitrogens with one attached hydrogen (secondary N) is 1. The van der Waals surface area contributed by atoms with Crippen molar-refractivity contribution in [2.45, 2.75) is 19.9 Å². The third kappa shape index (κ3) is 2.70. The van der Waals surface area contributed by atoms with E-state index in [2.05, 4.69) is 35.4 Å². The predicted molar refractivity (Wildman–Crippen MR) is 97.5 cm³/mol. The average molecular weight is 337 g/mol. The molecule has 1 aromatic carbocycles. The van der Waals surface area contributed by atoms with E-state index in [0.717, 1.165) is 30.1 Å². The minimum Gasteiger partial charge on any atom is -0.481 e. The van der Waals surface area contributed by atoms with Gasteiger partial charge in [0.1, 0.15) is 5.01 Å². The van der Waals surface area contributed by atoms with Crippen molar-refractivity contribution in [2.24, 2.45) is 0 Å². The third-order valence-corrected chi connectivity index (χ3v) is 5.55. The molecule has 0 spiro atoms. The molecule has 1 aliphatic rings. The second-order valence-corrected chi connectivity index (χ2v) is 6.96. The van der Waals surface area contributed by atoms with Crippen LogP contribution in [0.2, 0.25) is 0 Å². The fraction of sp³-hybridized carbons (Fsp3) is 0.263. The first kappa shape index (κ1) is 15.3. The summed E-state index contributed by atoms with van der Waals surface area (Å²) in [5.74, 6) is 0.632. The molecule has 1 N–H and O–H groups in total. The van der Waals surface area contributed by atoms with E-state index in [1.54, 1.807) is 24.6 Å². The molecular formula is C19H19N3OS. The molecule has 0 radical (unpaired) electrons. The predicted octanol–water partition coefficient (Wildman–Crippen LogP) is 3.83. The van der Waals surface area contributed by atoms with Gasteiger partial charge in [-0.3, -0.25) is 0 Å². The van der Waals surface area contributed by atoms with Crippen LogP contribution in [0.5, 0.6) is 5.88 Å². The number of rotatable bonds is 3. The first-order valence-electron chi connectivity index (χ1n) is 8.06. The quantitative estimate of drug-likeness (QED) is 0.789. The lowest BCUT2D eigenvalue weighted by Gasteiger charge is -2.10. The van der Waals surface area contributed by atoms with Gasteiger partial charge in [-0.2, -0.15) is 0 Å². The van der Waals surface area contributed by atoms with Crippen molar-refractivity contribution < 1.29 is 4.74 Å². The van der Waals surface area contributed by atoms with Gasteiger partial charge >= 0.3 is 0 Å². The summed E-state index contributed by atoms with van der Waals surface area (Å²) >= 11 is 1.80. The van der Waals surface area contributed by atoms with Crippen LogP contribution in [0.4, 0.5) is 0 Å².